The van der Waals surface area contributed by atoms with Gasteiger partial charge in [-0.2, -0.15) is 0 Å². The smallest absolute Gasteiger partial charge is 0.270 e. The first-order valence-electron chi connectivity index (χ1n) is 7.83. The fourth-order valence-electron chi connectivity index (χ4n) is 2.29. The van der Waals surface area contributed by atoms with Gasteiger partial charge in [-0.1, -0.05) is 12.1 Å². The second kappa shape index (κ2) is 8.14. The van der Waals surface area contributed by atoms with Crippen LogP contribution in [0.2, 0.25) is 0 Å². The number of nitro groups is 1. The van der Waals surface area contributed by atoms with Gasteiger partial charge in [-0.25, -0.2) is 0 Å². The Hall–Kier alpha value is -3.09. The maximum Gasteiger partial charge on any atom is 0.270 e. The van der Waals surface area contributed by atoms with Gasteiger partial charge in [-0.15, -0.1) is 0 Å². The van der Waals surface area contributed by atoms with Crippen LogP contribution in [-0.4, -0.2) is 30.6 Å². The molecule has 0 aromatic heterocycles. The number of methoxy groups -OCH3 is 1. The van der Waals surface area contributed by atoms with Crippen molar-refractivity contribution in [3.05, 3.63) is 52.6 Å². The molecular weight excluding hydrogens is 324 g/mol. The molecule has 0 aliphatic heterocycles. The van der Waals surface area contributed by atoms with E-state index in [0.717, 1.165) is 5.56 Å². The van der Waals surface area contributed by atoms with Crippen molar-refractivity contribution in [3.8, 4) is 22.6 Å². The summed E-state index contributed by atoms with van der Waals surface area (Å²) >= 11 is 0. The van der Waals surface area contributed by atoms with Gasteiger partial charge in [0.2, 0.25) is 0 Å². The van der Waals surface area contributed by atoms with E-state index >= 15 is 0 Å². The predicted molar refractivity (Wildman–Crippen MR) is 93.9 cm³/mol. The lowest BCUT2D eigenvalue weighted by Gasteiger charge is -2.17. The van der Waals surface area contributed by atoms with Crippen molar-refractivity contribution in [3.63, 3.8) is 0 Å². The van der Waals surface area contributed by atoms with Crippen LogP contribution in [0.1, 0.15) is 13.8 Å². The molecule has 0 saturated heterocycles. The number of rotatable bonds is 7. The molecule has 2 aromatic carbocycles. The van der Waals surface area contributed by atoms with E-state index in [4.69, 9.17) is 9.47 Å². The lowest BCUT2D eigenvalue weighted by Crippen LogP contribution is -2.36. The number of likely N-dealkylation sites (N-methyl/N-ethyl adjacent to an activating group) is 1. The molecule has 1 N–H and O–H groups in total. The maximum absolute atomic E-state index is 11.9. The summed E-state index contributed by atoms with van der Waals surface area (Å²) in [4.78, 5) is 22.5. The highest BCUT2D eigenvalue weighted by Crippen LogP contribution is 2.34. The van der Waals surface area contributed by atoms with Gasteiger partial charge in [-0.05, 0) is 37.6 Å². The zero-order valence-corrected chi connectivity index (χ0v) is 14.3. The Balaban J connectivity index is 2.41. The van der Waals surface area contributed by atoms with E-state index in [1.807, 2.05) is 6.92 Å². The summed E-state index contributed by atoms with van der Waals surface area (Å²) in [6.45, 7) is 3.95. The minimum absolute atomic E-state index is 0.0520. The van der Waals surface area contributed by atoms with Crippen LogP contribution >= 0.6 is 0 Å². The number of benzene rings is 2. The number of nitrogens with zero attached hydrogens (tertiary/aromatic N) is 1. The quantitative estimate of drug-likeness (QED) is 0.615. The highest BCUT2D eigenvalue weighted by atomic mass is 16.6. The first-order chi connectivity index (χ1) is 12.0. The van der Waals surface area contributed by atoms with Gasteiger partial charge in [0, 0.05) is 24.2 Å². The van der Waals surface area contributed by atoms with E-state index in [2.05, 4.69) is 5.32 Å². The number of carbonyl (C=O) groups excluding carboxylic acids is 1. The molecule has 0 fully saturated rings. The first-order valence-corrected chi connectivity index (χ1v) is 7.83. The van der Waals surface area contributed by atoms with Crippen molar-refractivity contribution in [2.45, 2.75) is 20.0 Å². The van der Waals surface area contributed by atoms with Crippen molar-refractivity contribution in [2.24, 2.45) is 0 Å². The number of hydrogen-bond acceptors (Lipinski definition) is 5. The second-order valence-electron chi connectivity index (χ2n) is 5.32. The molecule has 0 saturated carbocycles. The fourth-order valence-corrected chi connectivity index (χ4v) is 2.29. The second-order valence-corrected chi connectivity index (χ2v) is 5.32. The van der Waals surface area contributed by atoms with Crippen molar-refractivity contribution in [1.29, 1.82) is 0 Å². The average Bonchev–Trinajstić information content (AvgIpc) is 2.62. The molecule has 0 heterocycles. The average molecular weight is 344 g/mol. The number of nitrogens with one attached hydrogen (secondary N) is 1. The lowest BCUT2D eigenvalue weighted by atomic mass is 10.0. The van der Waals surface area contributed by atoms with Crippen LogP contribution in [0.25, 0.3) is 11.1 Å². The molecule has 1 atom stereocenters. The molecule has 2 rings (SSSR count). The molecular formula is C18H20N2O5. The highest BCUT2D eigenvalue weighted by molar-refractivity contribution is 5.81. The highest BCUT2D eigenvalue weighted by Gasteiger charge is 2.19. The van der Waals surface area contributed by atoms with E-state index in [0.29, 0.717) is 23.6 Å². The molecule has 0 radical (unpaired) electrons. The number of carbonyl (C=O) groups is 1. The van der Waals surface area contributed by atoms with Crippen LogP contribution in [0, 0.1) is 10.1 Å². The maximum atomic E-state index is 11.9. The van der Waals surface area contributed by atoms with Gasteiger partial charge >= 0.3 is 0 Å². The third-order valence-corrected chi connectivity index (χ3v) is 3.60. The van der Waals surface area contributed by atoms with Crippen LogP contribution in [0.5, 0.6) is 11.5 Å². The van der Waals surface area contributed by atoms with E-state index in [9.17, 15) is 14.9 Å². The summed E-state index contributed by atoms with van der Waals surface area (Å²) in [5, 5.41) is 13.8. The normalized spacial score (nSPS) is 11.5. The molecule has 25 heavy (non-hydrogen) atoms. The van der Waals surface area contributed by atoms with E-state index in [1.165, 1.54) is 18.2 Å². The number of nitro benzene ring substituents is 1. The van der Waals surface area contributed by atoms with Crippen molar-refractivity contribution in [2.75, 3.05) is 13.7 Å². The lowest BCUT2D eigenvalue weighted by molar-refractivity contribution is -0.384. The van der Waals surface area contributed by atoms with E-state index in [-0.39, 0.29) is 11.6 Å². The topological polar surface area (TPSA) is 90.7 Å². The van der Waals surface area contributed by atoms with E-state index < -0.39 is 11.0 Å². The minimum Gasteiger partial charge on any atom is -0.497 e. The SMILES string of the molecule is CCNC(=O)[C@H](C)Oc1ccc([N+](=O)[O-])cc1-c1ccc(OC)cc1. The molecule has 1 amide bonds. The number of ether oxygens (including phenoxy) is 2. The van der Waals surface area contributed by atoms with Gasteiger partial charge in [0.1, 0.15) is 11.5 Å². The molecule has 0 bridgehead atoms. The number of non-ortho nitro benzene ring substituents is 1. The molecule has 0 aliphatic carbocycles. The predicted octanol–water partition coefficient (Wildman–Crippen LogP) is 3.17. The Morgan fingerprint density at radius 2 is 1.92 bits per heavy atom. The van der Waals surface area contributed by atoms with Crippen LogP contribution in [-0.2, 0) is 4.79 Å². The minimum atomic E-state index is -0.724. The monoisotopic (exact) mass is 344 g/mol. The van der Waals surface area contributed by atoms with Gasteiger partial charge in [-0.3, -0.25) is 14.9 Å². The first kappa shape index (κ1) is 18.3. The Kier molecular flexibility index (Phi) is 5.94. The Morgan fingerprint density at radius 1 is 1.24 bits per heavy atom. The number of hydrogen-bond donors (Lipinski definition) is 1. The Bertz CT molecular complexity index is 759. The Labute approximate surface area is 145 Å². The Morgan fingerprint density at radius 3 is 2.48 bits per heavy atom. The van der Waals surface area contributed by atoms with E-state index in [1.54, 1.807) is 38.3 Å². The van der Waals surface area contributed by atoms with Gasteiger partial charge in [0.25, 0.3) is 11.6 Å². The van der Waals surface area contributed by atoms with Gasteiger partial charge in [0.05, 0.1) is 12.0 Å². The zero-order chi connectivity index (χ0) is 18.4. The molecule has 0 unspecified atom stereocenters. The molecule has 132 valence electrons. The summed E-state index contributed by atoms with van der Waals surface area (Å²) in [5.74, 6) is 0.823. The summed E-state index contributed by atoms with van der Waals surface area (Å²) in [7, 11) is 1.56. The molecule has 2 aromatic rings. The molecule has 7 heteroatoms. The third kappa shape index (κ3) is 4.47. The molecule has 0 spiro atoms. The van der Waals surface area contributed by atoms with Crippen LogP contribution in [0.15, 0.2) is 42.5 Å². The fraction of sp³-hybridized carbons (Fsp3) is 0.278. The van der Waals surface area contributed by atoms with Crippen molar-refractivity contribution >= 4 is 11.6 Å². The van der Waals surface area contributed by atoms with Crippen molar-refractivity contribution in [1.82, 2.24) is 5.32 Å². The summed E-state index contributed by atoms with van der Waals surface area (Å²) < 4.78 is 10.9. The summed E-state index contributed by atoms with van der Waals surface area (Å²) in [6, 6.07) is 11.4. The molecule has 0 aliphatic rings. The van der Waals surface area contributed by atoms with Crippen molar-refractivity contribution < 1.29 is 19.2 Å². The largest absolute Gasteiger partial charge is 0.497 e. The van der Waals surface area contributed by atoms with Gasteiger partial charge < -0.3 is 14.8 Å². The summed E-state index contributed by atoms with van der Waals surface area (Å²) in [5.41, 5.74) is 1.21. The molecule has 7 nitrogen and oxygen atoms in total. The standard InChI is InChI=1S/C18H20N2O5/c1-4-19-18(21)12(2)25-17-10-7-14(20(22)23)11-16(17)13-5-8-15(24-3)9-6-13/h5-12H,4H2,1-3H3,(H,19,21)/t12-/m0/s1. The van der Waals surface area contributed by atoms with Gasteiger partial charge in [0.15, 0.2) is 6.10 Å². The van der Waals surface area contributed by atoms with Crippen LogP contribution < -0.4 is 14.8 Å². The van der Waals surface area contributed by atoms with Crippen LogP contribution in [0.3, 0.4) is 0 Å². The third-order valence-electron chi connectivity index (χ3n) is 3.60. The number of amides is 1. The van der Waals surface area contributed by atoms with Crippen LogP contribution in [0.4, 0.5) is 5.69 Å². The summed E-state index contributed by atoms with van der Waals surface area (Å²) in [6.07, 6.45) is -0.724. The zero-order valence-electron chi connectivity index (χ0n) is 14.3.